The minimum atomic E-state index is -3.84. The lowest BCUT2D eigenvalue weighted by Gasteiger charge is -2.26. The summed E-state index contributed by atoms with van der Waals surface area (Å²) in [4.78, 5) is 53.4. The van der Waals surface area contributed by atoms with Crippen LogP contribution in [0.25, 0.3) is 21.6 Å². The minimum absolute atomic E-state index is 0.181. The Morgan fingerprint density at radius 2 is 1.88 bits per heavy atom. The molecule has 0 radical (unpaired) electrons. The number of allylic oxidation sites excluding steroid dienone is 2. The highest BCUT2D eigenvalue weighted by Gasteiger charge is 2.62. The number of nitrogens with zero attached hydrogens (tertiary/aromatic N) is 3. The van der Waals surface area contributed by atoms with Gasteiger partial charge in [0.1, 0.15) is 33.8 Å². The molecule has 3 saturated carbocycles. The quantitative estimate of drug-likeness (QED) is 0.323. The van der Waals surface area contributed by atoms with E-state index < -0.39 is 56.5 Å². The zero-order valence-electron chi connectivity index (χ0n) is 30.0. The summed E-state index contributed by atoms with van der Waals surface area (Å²) in [5, 5.41) is 5.89. The number of benzene rings is 1. The molecule has 7 rings (SSSR count). The molecule has 0 bridgehead atoms. The van der Waals surface area contributed by atoms with Gasteiger partial charge in [0, 0.05) is 41.9 Å². The molecule has 3 heterocycles. The van der Waals surface area contributed by atoms with E-state index in [1.807, 2.05) is 48.7 Å². The summed E-state index contributed by atoms with van der Waals surface area (Å²) in [5.41, 5.74) is 1.74. The average Bonchev–Trinajstić information content (AvgIpc) is 3.98. The Kier molecular flexibility index (Phi) is 9.66. The zero-order valence-corrected chi connectivity index (χ0v) is 31.7. The van der Waals surface area contributed by atoms with Gasteiger partial charge in [-0.1, -0.05) is 38.2 Å². The van der Waals surface area contributed by atoms with Crippen LogP contribution in [-0.4, -0.2) is 78.6 Å². The van der Waals surface area contributed by atoms with E-state index in [4.69, 9.17) is 19.4 Å². The van der Waals surface area contributed by atoms with Gasteiger partial charge in [-0.15, -0.1) is 11.3 Å². The van der Waals surface area contributed by atoms with Crippen LogP contribution in [0.15, 0.2) is 47.9 Å². The van der Waals surface area contributed by atoms with E-state index in [9.17, 15) is 22.8 Å². The summed E-state index contributed by atoms with van der Waals surface area (Å²) in [6.45, 7) is 6.59. The molecule has 3 amide bonds. The van der Waals surface area contributed by atoms with Crippen LogP contribution >= 0.6 is 11.3 Å². The van der Waals surface area contributed by atoms with E-state index in [0.717, 1.165) is 21.7 Å². The molecule has 1 aliphatic heterocycles. The highest BCUT2D eigenvalue weighted by Crippen LogP contribution is 2.47. The highest BCUT2D eigenvalue weighted by molar-refractivity contribution is 7.91. The van der Waals surface area contributed by atoms with E-state index >= 15 is 0 Å². The second-order valence-electron chi connectivity index (χ2n) is 14.8. The Balaban J connectivity index is 1.21. The number of rotatable bonds is 8. The first-order valence-corrected chi connectivity index (χ1v) is 20.3. The van der Waals surface area contributed by atoms with E-state index in [1.54, 1.807) is 25.1 Å². The molecule has 4 aliphatic rings. The Morgan fingerprint density at radius 3 is 2.60 bits per heavy atom. The van der Waals surface area contributed by atoms with Crippen molar-refractivity contribution in [3.05, 3.63) is 59.1 Å². The summed E-state index contributed by atoms with van der Waals surface area (Å²) >= 11 is 1.51. The number of aromatic nitrogens is 2. The molecule has 14 heteroatoms. The maximum Gasteiger partial charge on any atom is 0.259 e. The zero-order chi connectivity index (χ0) is 36.9. The van der Waals surface area contributed by atoms with Gasteiger partial charge in [0.2, 0.25) is 21.8 Å². The summed E-state index contributed by atoms with van der Waals surface area (Å²) < 4.78 is 40.2. The summed E-state index contributed by atoms with van der Waals surface area (Å²) in [5.74, 6) is -1.82. The fourth-order valence-corrected chi connectivity index (χ4v) is 9.62. The van der Waals surface area contributed by atoms with E-state index in [1.165, 1.54) is 11.3 Å². The average molecular weight is 748 g/mol. The third-order valence-corrected chi connectivity index (χ3v) is 13.4. The molecule has 1 aromatic carbocycles. The van der Waals surface area contributed by atoms with Crippen molar-refractivity contribution in [1.82, 2.24) is 24.9 Å². The number of carbonyl (C=O) groups is 3. The molecule has 5 atom stereocenters. The molecule has 0 saturated heterocycles. The first-order chi connectivity index (χ1) is 24.8. The lowest BCUT2D eigenvalue weighted by molar-refractivity contribution is -0.140. The molecule has 0 unspecified atom stereocenters. The number of ether oxygens (including phenoxy) is 2. The smallest absolute Gasteiger partial charge is 0.259 e. The van der Waals surface area contributed by atoms with Gasteiger partial charge in [0.05, 0.1) is 35.4 Å². The summed E-state index contributed by atoms with van der Waals surface area (Å²) in [6, 6.07) is 5.64. The van der Waals surface area contributed by atoms with Gasteiger partial charge in [-0.2, -0.15) is 0 Å². The standard InChI is InChI=1S/C38H45N5O7S2/c1-21(2)30-20-51-35(40-30)29-18-32(26-13-14-31(49-5)22(3)33(26)39-29)50-24-16-27-28(17-24)36(45)43(4)15-9-7-6-8-10-23-19-38(23,41-34(27)44)37(46)42-52(47,48)25-11-12-25/h6-8,10,13-14,18,20-21,23-25,27-28H,9,11-12,15-17,19H2,1-5H3,(H,41,44)(H,42,46)/b7-6+,10-8-/t23-,24-,27-,28-,38-/m1/s1. The number of amides is 3. The van der Waals surface area contributed by atoms with Gasteiger partial charge < -0.3 is 19.7 Å². The Morgan fingerprint density at radius 1 is 1.12 bits per heavy atom. The predicted molar refractivity (Wildman–Crippen MR) is 198 cm³/mol. The Labute approximate surface area is 308 Å². The number of nitrogens with one attached hydrogen (secondary N) is 2. The van der Waals surface area contributed by atoms with Crippen LogP contribution in [0.1, 0.15) is 69.5 Å². The SMILES string of the molecule is COc1ccc2c(O[C@@H]3C[C@H]4C(=O)N[C@]5(C(=O)NS(=O)(=O)C6CC6)C[C@H]5/C=C\C=C\CCN(C)C(=O)[C@@H]4C3)cc(-c3nc(C(C)C)cs3)nc2c1C. The van der Waals surface area contributed by atoms with Crippen LogP contribution in [0.3, 0.4) is 0 Å². The molecular formula is C38H45N5O7S2. The van der Waals surface area contributed by atoms with Crippen LogP contribution in [-0.2, 0) is 24.4 Å². The number of fused-ring (bicyclic) bond motifs is 3. The first kappa shape index (κ1) is 36.1. The number of hydrogen-bond acceptors (Lipinski definition) is 10. The van der Waals surface area contributed by atoms with Crippen molar-refractivity contribution in [1.29, 1.82) is 0 Å². The Hall–Kier alpha value is -4.30. The van der Waals surface area contributed by atoms with Crippen molar-refractivity contribution in [2.75, 3.05) is 20.7 Å². The lowest BCUT2D eigenvalue weighted by Crippen LogP contribution is -2.54. The van der Waals surface area contributed by atoms with Crippen molar-refractivity contribution in [3.8, 4) is 22.2 Å². The third kappa shape index (κ3) is 6.94. The second kappa shape index (κ2) is 13.9. The van der Waals surface area contributed by atoms with Crippen LogP contribution in [0.4, 0.5) is 0 Å². The largest absolute Gasteiger partial charge is 0.496 e. The van der Waals surface area contributed by atoms with Gasteiger partial charge in [-0.3, -0.25) is 19.1 Å². The normalized spacial score (nSPS) is 27.7. The number of methoxy groups -OCH3 is 1. The van der Waals surface area contributed by atoms with Crippen molar-refractivity contribution in [2.24, 2.45) is 17.8 Å². The fourth-order valence-electron chi connectivity index (χ4n) is 7.32. The molecule has 0 spiro atoms. The van der Waals surface area contributed by atoms with Crippen LogP contribution in [0, 0.1) is 24.7 Å². The van der Waals surface area contributed by atoms with Crippen molar-refractivity contribution < 1.29 is 32.3 Å². The number of hydrogen-bond donors (Lipinski definition) is 2. The topological polar surface area (TPSA) is 157 Å². The van der Waals surface area contributed by atoms with Crippen LogP contribution in [0.5, 0.6) is 11.5 Å². The molecule has 12 nitrogen and oxygen atoms in total. The minimum Gasteiger partial charge on any atom is -0.496 e. The fraction of sp³-hybridized carbons (Fsp3) is 0.500. The highest BCUT2D eigenvalue weighted by atomic mass is 32.2. The maximum absolute atomic E-state index is 14.3. The number of sulfonamides is 1. The molecule has 276 valence electrons. The second-order valence-corrected chi connectivity index (χ2v) is 17.6. The van der Waals surface area contributed by atoms with Gasteiger partial charge >= 0.3 is 0 Å². The summed E-state index contributed by atoms with van der Waals surface area (Å²) in [6.07, 6.45) is 9.26. The van der Waals surface area contributed by atoms with Crippen molar-refractivity contribution in [2.45, 2.75) is 82.1 Å². The number of carbonyl (C=O) groups excluding carboxylic acids is 3. The molecule has 52 heavy (non-hydrogen) atoms. The van der Waals surface area contributed by atoms with Crippen molar-refractivity contribution in [3.63, 3.8) is 0 Å². The number of aryl methyl sites for hydroxylation is 1. The van der Waals surface area contributed by atoms with Crippen LogP contribution in [0.2, 0.25) is 0 Å². The molecule has 3 fully saturated rings. The molecule has 3 aliphatic carbocycles. The third-order valence-electron chi connectivity index (χ3n) is 10.7. The molecule has 2 N–H and O–H groups in total. The van der Waals surface area contributed by atoms with E-state index in [0.29, 0.717) is 48.5 Å². The number of thiazole rings is 1. The maximum atomic E-state index is 14.3. The van der Waals surface area contributed by atoms with Gasteiger partial charge in [-0.25, -0.2) is 18.4 Å². The van der Waals surface area contributed by atoms with Crippen molar-refractivity contribution >= 4 is 50.0 Å². The van der Waals surface area contributed by atoms with Gasteiger partial charge in [-0.05, 0) is 63.5 Å². The first-order valence-electron chi connectivity index (χ1n) is 17.9. The monoisotopic (exact) mass is 747 g/mol. The van der Waals surface area contributed by atoms with E-state index in [-0.39, 0.29) is 31.1 Å². The van der Waals surface area contributed by atoms with Crippen LogP contribution < -0.4 is 19.5 Å². The predicted octanol–water partition coefficient (Wildman–Crippen LogP) is 5.03. The molecular weight excluding hydrogens is 703 g/mol. The summed E-state index contributed by atoms with van der Waals surface area (Å²) in [7, 11) is -0.496. The molecule has 3 aromatic rings. The van der Waals surface area contributed by atoms with Gasteiger partial charge in [0.25, 0.3) is 5.91 Å². The Bertz CT molecular complexity index is 2090. The van der Waals surface area contributed by atoms with Gasteiger partial charge in [0.15, 0.2) is 0 Å². The lowest BCUT2D eigenvalue weighted by atomic mass is 9.93. The molecule has 2 aromatic heterocycles. The van der Waals surface area contributed by atoms with E-state index in [2.05, 4.69) is 23.9 Å². The number of pyridine rings is 1.